The van der Waals surface area contributed by atoms with Crippen LogP contribution < -0.4 is 14.8 Å². The Labute approximate surface area is 148 Å². The average Bonchev–Trinajstić information content (AvgIpc) is 2.85. The number of nitro groups is 1. The summed E-state index contributed by atoms with van der Waals surface area (Å²) in [6, 6.07) is 9.66. The van der Waals surface area contributed by atoms with Gasteiger partial charge in [-0.3, -0.25) is 10.1 Å². The Balaban J connectivity index is 1.80. The van der Waals surface area contributed by atoms with Crippen LogP contribution in [0.4, 0.5) is 11.4 Å². The van der Waals surface area contributed by atoms with Crippen molar-refractivity contribution in [1.82, 2.24) is 0 Å². The van der Waals surface area contributed by atoms with Crippen LogP contribution in [-0.4, -0.2) is 18.1 Å². The lowest BCUT2D eigenvalue weighted by atomic mass is 10.1. The predicted octanol–water partition coefficient (Wildman–Crippen LogP) is 3.89. The van der Waals surface area contributed by atoms with Crippen LogP contribution in [0.3, 0.4) is 0 Å². The largest absolute Gasteiger partial charge is 0.489 e. The van der Waals surface area contributed by atoms with Gasteiger partial charge >= 0.3 is 0 Å². The van der Waals surface area contributed by atoms with Gasteiger partial charge in [0.05, 0.1) is 34.4 Å². The molecule has 3 rings (SSSR count). The number of rotatable bonds is 4. The van der Waals surface area contributed by atoms with Crippen LogP contribution in [0, 0.1) is 21.4 Å². The lowest BCUT2D eigenvalue weighted by Crippen LogP contribution is -2.03. The molecule has 1 aliphatic rings. The molecule has 0 spiro atoms. The van der Waals surface area contributed by atoms with Crippen LogP contribution in [0.1, 0.15) is 17.5 Å². The number of halogens is 1. The lowest BCUT2D eigenvalue weighted by molar-refractivity contribution is -0.384. The summed E-state index contributed by atoms with van der Waals surface area (Å²) < 4.78 is 11.2. The van der Waals surface area contributed by atoms with Crippen LogP contribution in [0.15, 0.2) is 30.3 Å². The van der Waals surface area contributed by atoms with E-state index in [4.69, 9.17) is 21.1 Å². The molecule has 128 valence electrons. The molecule has 7 nitrogen and oxygen atoms in total. The molecule has 0 fully saturated rings. The van der Waals surface area contributed by atoms with E-state index in [2.05, 4.69) is 5.32 Å². The molecular formula is C17H14ClN3O4. The van der Waals surface area contributed by atoms with E-state index in [1.165, 1.54) is 18.2 Å². The molecule has 2 aromatic carbocycles. The molecule has 25 heavy (non-hydrogen) atoms. The first kappa shape index (κ1) is 16.9. The Bertz CT molecular complexity index is 864. The number of nitro benzene ring substituents is 1. The quantitative estimate of drug-likeness (QED) is 0.656. The molecule has 1 aliphatic heterocycles. The number of nitrogens with zero attached hydrogens (tertiary/aromatic N) is 2. The zero-order valence-corrected chi connectivity index (χ0v) is 13.9. The SMILES string of the molecule is N#Cc1cc([N+](=O)[O-])ccc1NCc1cc(Cl)c2c(c1)OCCCO2. The minimum Gasteiger partial charge on any atom is -0.489 e. The van der Waals surface area contributed by atoms with Crippen molar-refractivity contribution in [2.45, 2.75) is 13.0 Å². The highest BCUT2D eigenvalue weighted by atomic mass is 35.5. The maximum absolute atomic E-state index is 10.8. The molecular weight excluding hydrogens is 346 g/mol. The van der Waals surface area contributed by atoms with Crippen molar-refractivity contribution in [2.75, 3.05) is 18.5 Å². The third-order valence-corrected chi connectivity index (χ3v) is 3.96. The van der Waals surface area contributed by atoms with E-state index >= 15 is 0 Å². The van der Waals surface area contributed by atoms with Gasteiger partial charge in [0.25, 0.3) is 5.69 Å². The monoisotopic (exact) mass is 359 g/mol. The Morgan fingerprint density at radius 3 is 2.84 bits per heavy atom. The van der Waals surface area contributed by atoms with E-state index in [0.29, 0.717) is 42.0 Å². The number of fused-ring (bicyclic) bond motifs is 1. The fourth-order valence-corrected chi connectivity index (χ4v) is 2.76. The zero-order valence-electron chi connectivity index (χ0n) is 13.1. The van der Waals surface area contributed by atoms with Crippen molar-refractivity contribution >= 4 is 23.0 Å². The van der Waals surface area contributed by atoms with Crippen LogP contribution in [0.5, 0.6) is 11.5 Å². The van der Waals surface area contributed by atoms with Gasteiger partial charge in [0, 0.05) is 25.1 Å². The molecule has 0 amide bonds. The maximum Gasteiger partial charge on any atom is 0.270 e. The average molecular weight is 360 g/mol. The molecule has 0 atom stereocenters. The molecule has 2 aromatic rings. The van der Waals surface area contributed by atoms with Crippen LogP contribution in [0.25, 0.3) is 0 Å². The molecule has 0 saturated heterocycles. The van der Waals surface area contributed by atoms with E-state index < -0.39 is 4.92 Å². The zero-order chi connectivity index (χ0) is 17.8. The number of ether oxygens (including phenoxy) is 2. The van der Waals surface area contributed by atoms with Gasteiger partial charge in [-0.15, -0.1) is 0 Å². The highest BCUT2D eigenvalue weighted by Gasteiger charge is 2.16. The molecule has 0 saturated carbocycles. The topological polar surface area (TPSA) is 97.4 Å². The summed E-state index contributed by atoms with van der Waals surface area (Å²) in [4.78, 5) is 10.3. The number of hydrogen-bond donors (Lipinski definition) is 1. The van der Waals surface area contributed by atoms with Crippen molar-refractivity contribution in [1.29, 1.82) is 5.26 Å². The Morgan fingerprint density at radius 2 is 2.08 bits per heavy atom. The van der Waals surface area contributed by atoms with E-state index in [9.17, 15) is 15.4 Å². The van der Waals surface area contributed by atoms with Crippen LogP contribution in [-0.2, 0) is 6.54 Å². The van der Waals surface area contributed by atoms with Gasteiger partial charge in [0.1, 0.15) is 6.07 Å². The van der Waals surface area contributed by atoms with Gasteiger partial charge in [-0.1, -0.05) is 11.6 Å². The van der Waals surface area contributed by atoms with Gasteiger partial charge in [0.15, 0.2) is 11.5 Å². The molecule has 1 heterocycles. The first-order chi connectivity index (χ1) is 12.1. The minimum absolute atomic E-state index is 0.124. The van der Waals surface area contributed by atoms with Crippen molar-refractivity contribution in [3.63, 3.8) is 0 Å². The summed E-state index contributed by atoms with van der Waals surface area (Å²) in [5.74, 6) is 1.13. The second-order valence-corrected chi connectivity index (χ2v) is 5.81. The summed E-state index contributed by atoms with van der Waals surface area (Å²) >= 11 is 6.26. The summed E-state index contributed by atoms with van der Waals surface area (Å²) in [6.07, 6.45) is 0.785. The van der Waals surface area contributed by atoms with Crippen molar-refractivity contribution < 1.29 is 14.4 Å². The van der Waals surface area contributed by atoms with Crippen molar-refractivity contribution in [3.05, 3.63) is 56.6 Å². The predicted molar refractivity (Wildman–Crippen MR) is 92.2 cm³/mol. The Kier molecular flexibility index (Phi) is 4.91. The first-order valence-corrected chi connectivity index (χ1v) is 7.96. The Hall–Kier alpha value is -2.98. The number of nitrogens with one attached hydrogen (secondary N) is 1. The van der Waals surface area contributed by atoms with Crippen molar-refractivity contribution in [2.24, 2.45) is 0 Å². The van der Waals surface area contributed by atoms with Gasteiger partial charge < -0.3 is 14.8 Å². The molecule has 8 heteroatoms. The maximum atomic E-state index is 10.8. The van der Waals surface area contributed by atoms with Crippen LogP contribution in [0.2, 0.25) is 5.02 Å². The summed E-state index contributed by atoms with van der Waals surface area (Å²) in [6.45, 7) is 1.49. The second kappa shape index (κ2) is 7.28. The highest BCUT2D eigenvalue weighted by molar-refractivity contribution is 6.32. The molecule has 0 radical (unpaired) electrons. The molecule has 1 N–H and O–H groups in total. The first-order valence-electron chi connectivity index (χ1n) is 7.59. The number of anilines is 1. The second-order valence-electron chi connectivity index (χ2n) is 5.41. The normalized spacial score (nSPS) is 12.8. The smallest absolute Gasteiger partial charge is 0.270 e. The fourth-order valence-electron chi connectivity index (χ4n) is 2.48. The summed E-state index contributed by atoms with van der Waals surface area (Å²) in [5.41, 5.74) is 1.43. The van der Waals surface area contributed by atoms with Gasteiger partial charge in [-0.05, 0) is 23.8 Å². The summed E-state index contributed by atoms with van der Waals surface area (Å²) in [5, 5.41) is 23.5. The molecule has 0 aromatic heterocycles. The van der Waals surface area contributed by atoms with Gasteiger partial charge in [-0.2, -0.15) is 5.26 Å². The van der Waals surface area contributed by atoms with E-state index in [1.54, 1.807) is 6.07 Å². The van der Waals surface area contributed by atoms with E-state index in [1.807, 2.05) is 12.1 Å². The van der Waals surface area contributed by atoms with Crippen molar-refractivity contribution in [3.8, 4) is 17.6 Å². The molecule has 0 aliphatic carbocycles. The summed E-state index contributed by atoms with van der Waals surface area (Å²) in [7, 11) is 0. The van der Waals surface area contributed by atoms with Gasteiger partial charge in [0.2, 0.25) is 0 Å². The minimum atomic E-state index is -0.534. The fraction of sp³-hybridized carbons (Fsp3) is 0.235. The van der Waals surface area contributed by atoms with Gasteiger partial charge in [-0.25, -0.2) is 0 Å². The third-order valence-electron chi connectivity index (χ3n) is 3.68. The van der Waals surface area contributed by atoms with Crippen LogP contribution >= 0.6 is 11.6 Å². The number of nitriles is 1. The van der Waals surface area contributed by atoms with E-state index in [-0.39, 0.29) is 11.3 Å². The standard InChI is InChI=1S/C17H14ClN3O4/c18-14-6-11(7-16-17(14)25-5-1-4-24-16)10-20-15-3-2-13(21(22)23)8-12(15)9-19/h2-3,6-8,20H,1,4-5,10H2. The number of hydrogen-bond acceptors (Lipinski definition) is 6. The molecule has 0 unspecified atom stereocenters. The lowest BCUT2D eigenvalue weighted by Gasteiger charge is -2.13. The number of non-ortho nitro benzene ring substituents is 1. The van der Waals surface area contributed by atoms with E-state index in [0.717, 1.165) is 12.0 Å². The molecule has 0 bridgehead atoms. The number of benzene rings is 2. The Morgan fingerprint density at radius 1 is 1.28 bits per heavy atom. The highest BCUT2D eigenvalue weighted by Crippen LogP contribution is 2.38. The third kappa shape index (κ3) is 3.75.